The van der Waals surface area contributed by atoms with E-state index in [0.717, 1.165) is 18.4 Å². The summed E-state index contributed by atoms with van der Waals surface area (Å²) >= 11 is 11.2. The van der Waals surface area contributed by atoms with Crippen LogP contribution in [0.5, 0.6) is 0 Å². The summed E-state index contributed by atoms with van der Waals surface area (Å²) < 4.78 is 1.94. The average Bonchev–Trinajstić information content (AvgIpc) is 3.45. The summed E-state index contributed by atoms with van der Waals surface area (Å²) in [4.78, 5) is 24.8. The Morgan fingerprint density at radius 3 is 2.69 bits per heavy atom. The molecule has 0 aliphatic heterocycles. The van der Waals surface area contributed by atoms with Crippen molar-refractivity contribution in [2.75, 3.05) is 5.32 Å². The van der Waals surface area contributed by atoms with Crippen LogP contribution in [-0.4, -0.2) is 32.6 Å². The van der Waals surface area contributed by atoms with Gasteiger partial charge in [-0.2, -0.15) is 5.10 Å². The Morgan fingerprint density at radius 1 is 1.21 bits per heavy atom. The van der Waals surface area contributed by atoms with Gasteiger partial charge in [0.05, 0.1) is 0 Å². The van der Waals surface area contributed by atoms with Gasteiger partial charge in [-0.25, -0.2) is 0 Å². The minimum absolute atomic E-state index is 0.0220. The summed E-state index contributed by atoms with van der Waals surface area (Å²) in [5, 5.41) is 13.3. The number of carbonyl (C=O) groups excluding carboxylic acids is 2. The normalized spacial score (nSPS) is 13.1. The highest BCUT2D eigenvalue weighted by Crippen LogP contribution is 2.21. The lowest BCUT2D eigenvalue weighted by Gasteiger charge is -2.10. The first-order chi connectivity index (χ1) is 14.0. The van der Waals surface area contributed by atoms with Gasteiger partial charge in [0.15, 0.2) is 10.6 Å². The molecule has 1 saturated carbocycles. The smallest absolute Gasteiger partial charge is 0.251 e. The van der Waals surface area contributed by atoms with Gasteiger partial charge >= 0.3 is 0 Å². The van der Waals surface area contributed by atoms with E-state index in [-0.39, 0.29) is 24.4 Å². The Hall–Kier alpha value is -2.97. The van der Waals surface area contributed by atoms with Gasteiger partial charge in [0, 0.05) is 27.9 Å². The number of amides is 2. The molecular weight excluding hydrogens is 410 g/mol. The molecule has 1 aliphatic rings. The average molecular weight is 428 g/mol. The molecule has 2 aromatic carbocycles. The number of anilines is 1. The Bertz CT molecular complexity index is 1120. The van der Waals surface area contributed by atoms with E-state index in [2.05, 4.69) is 20.8 Å². The van der Waals surface area contributed by atoms with Crippen LogP contribution in [0.4, 0.5) is 5.69 Å². The molecule has 9 heteroatoms. The first kappa shape index (κ1) is 19.4. The molecule has 148 valence electrons. The number of halogens is 1. The molecule has 0 bridgehead atoms. The molecule has 2 amide bonds. The van der Waals surface area contributed by atoms with Crippen LogP contribution >= 0.6 is 23.8 Å². The van der Waals surface area contributed by atoms with Crippen molar-refractivity contribution in [3.05, 3.63) is 63.9 Å². The van der Waals surface area contributed by atoms with Crippen molar-refractivity contribution >= 4 is 41.3 Å². The second-order valence-electron chi connectivity index (χ2n) is 6.82. The van der Waals surface area contributed by atoms with Gasteiger partial charge in [0.25, 0.3) is 5.91 Å². The van der Waals surface area contributed by atoms with Gasteiger partial charge in [0.2, 0.25) is 5.91 Å². The molecule has 29 heavy (non-hydrogen) atoms. The van der Waals surface area contributed by atoms with E-state index in [0.29, 0.717) is 26.9 Å². The maximum Gasteiger partial charge on any atom is 0.251 e. The lowest BCUT2D eigenvalue weighted by Crippen LogP contribution is -2.25. The third-order valence-electron chi connectivity index (χ3n) is 4.48. The Morgan fingerprint density at radius 2 is 1.97 bits per heavy atom. The lowest BCUT2D eigenvalue weighted by molar-refractivity contribution is -0.116. The number of benzene rings is 2. The number of nitrogens with one attached hydrogen (secondary N) is 3. The van der Waals surface area contributed by atoms with E-state index < -0.39 is 0 Å². The number of aromatic amines is 1. The van der Waals surface area contributed by atoms with E-state index in [1.54, 1.807) is 41.0 Å². The molecule has 1 heterocycles. The van der Waals surface area contributed by atoms with Gasteiger partial charge in [-0.1, -0.05) is 17.7 Å². The zero-order valence-corrected chi connectivity index (χ0v) is 16.9. The zero-order chi connectivity index (χ0) is 20.4. The summed E-state index contributed by atoms with van der Waals surface area (Å²) in [5.74, 6) is 0.127. The topological polar surface area (TPSA) is 91.8 Å². The number of carbonyl (C=O) groups is 2. The molecule has 0 atom stereocenters. The van der Waals surface area contributed by atoms with Gasteiger partial charge in [-0.05, 0) is 67.5 Å². The molecule has 0 radical (unpaired) electrons. The summed E-state index contributed by atoms with van der Waals surface area (Å²) in [6.07, 6.45) is 2.03. The monoisotopic (exact) mass is 427 g/mol. The zero-order valence-electron chi connectivity index (χ0n) is 15.3. The van der Waals surface area contributed by atoms with Crippen molar-refractivity contribution < 1.29 is 9.59 Å². The molecule has 1 aliphatic carbocycles. The number of nitrogens with zero attached hydrogens (tertiary/aromatic N) is 2. The van der Waals surface area contributed by atoms with Gasteiger partial charge in [-0.15, -0.1) is 0 Å². The van der Waals surface area contributed by atoms with Gasteiger partial charge in [0.1, 0.15) is 6.54 Å². The molecule has 3 aromatic rings. The number of aromatic nitrogens is 3. The van der Waals surface area contributed by atoms with Crippen LogP contribution in [0.3, 0.4) is 0 Å². The highest BCUT2D eigenvalue weighted by Gasteiger charge is 2.23. The minimum atomic E-state index is -0.280. The van der Waals surface area contributed by atoms with Crippen LogP contribution in [0.15, 0.2) is 48.5 Å². The molecule has 3 N–H and O–H groups in total. The van der Waals surface area contributed by atoms with Crippen molar-refractivity contribution in [3.8, 4) is 11.4 Å². The fourth-order valence-electron chi connectivity index (χ4n) is 2.86. The van der Waals surface area contributed by atoms with Crippen molar-refractivity contribution in [1.29, 1.82) is 0 Å². The van der Waals surface area contributed by atoms with Crippen LogP contribution in [0, 0.1) is 4.77 Å². The van der Waals surface area contributed by atoms with E-state index in [1.165, 1.54) is 0 Å². The molecule has 1 aromatic heterocycles. The van der Waals surface area contributed by atoms with Crippen LogP contribution in [-0.2, 0) is 11.3 Å². The van der Waals surface area contributed by atoms with Crippen LogP contribution in [0.2, 0.25) is 5.02 Å². The Labute approximate surface area is 177 Å². The lowest BCUT2D eigenvalue weighted by atomic mass is 10.2. The molecule has 0 spiro atoms. The second kappa shape index (κ2) is 8.18. The first-order valence-corrected chi connectivity index (χ1v) is 9.90. The number of hydrogen-bond acceptors (Lipinski definition) is 4. The van der Waals surface area contributed by atoms with Crippen molar-refractivity contribution in [2.45, 2.75) is 25.4 Å². The molecule has 0 saturated heterocycles. The molecular formula is C20H18ClN5O2S. The third kappa shape index (κ3) is 4.72. The predicted molar refractivity (Wildman–Crippen MR) is 113 cm³/mol. The van der Waals surface area contributed by atoms with Crippen LogP contribution in [0.25, 0.3) is 11.4 Å². The first-order valence-electron chi connectivity index (χ1n) is 9.11. The van der Waals surface area contributed by atoms with Gasteiger partial charge < -0.3 is 10.6 Å². The molecule has 7 nitrogen and oxygen atoms in total. The SMILES string of the molecule is O=C(Cn1c(-c2ccc(Cl)cc2)n[nH]c1=S)Nc1cccc(C(=O)NC2CC2)c1. The van der Waals surface area contributed by atoms with E-state index in [9.17, 15) is 9.59 Å². The number of H-pyrrole nitrogens is 1. The summed E-state index contributed by atoms with van der Waals surface area (Å²) in [6.45, 7) is -0.0220. The quantitative estimate of drug-likeness (QED) is 0.522. The summed E-state index contributed by atoms with van der Waals surface area (Å²) in [7, 11) is 0. The predicted octanol–water partition coefficient (Wildman–Crippen LogP) is 3.79. The van der Waals surface area contributed by atoms with E-state index in [1.807, 2.05) is 12.1 Å². The van der Waals surface area contributed by atoms with Gasteiger partial charge in [-0.3, -0.25) is 19.3 Å². The number of rotatable bonds is 6. The molecule has 0 unspecified atom stereocenters. The standard InChI is InChI=1S/C20H18ClN5O2S/c21-14-6-4-12(5-7-14)18-24-25-20(29)26(18)11-17(27)22-16-3-1-2-13(10-16)19(28)23-15-8-9-15/h1-7,10,15H,8-9,11H2,(H,22,27)(H,23,28)(H,25,29). The maximum atomic E-state index is 12.6. The number of hydrogen-bond donors (Lipinski definition) is 3. The highest BCUT2D eigenvalue weighted by atomic mass is 35.5. The second-order valence-corrected chi connectivity index (χ2v) is 7.65. The molecule has 4 rings (SSSR count). The Balaban J connectivity index is 1.48. The van der Waals surface area contributed by atoms with Crippen molar-refractivity contribution in [3.63, 3.8) is 0 Å². The Kier molecular flexibility index (Phi) is 5.46. The molecule has 1 fully saturated rings. The summed E-state index contributed by atoms with van der Waals surface area (Å²) in [5.41, 5.74) is 1.84. The van der Waals surface area contributed by atoms with Crippen LogP contribution < -0.4 is 10.6 Å². The van der Waals surface area contributed by atoms with E-state index >= 15 is 0 Å². The highest BCUT2D eigenvalue weighted by molar-refractivity contribution is 7.71. The fraction of sp³-hybridized carbons (Fsp3) is 0.200. The van der Waals surface area contributed by atoms with Crippen LogP contribution in [0.1, 0.15) is 23.2 Å². The maximum absolute atomic E-state index is 12.6. The minimum Gasteiger partial charge on any atom is -0.349 e. The summed E-state index contributed by atoms with van der Waals surface area (Å²) in [6, 6.07) is 14.2. The van der Waals surface area contributed by atoms with Crippen molar-refractivity contribution in [1.82, 2.24) is 20.1 Å². The largest absolute Gasteiger partial charge is 0.349 e. The van der Waals surface area contributed by atoms with E-state index in [4.69, 9.17) is 23.8 Å². The third-order valence-corrected chi connectivity index (χ3v) is 5.05. The van der Waals surface area contributed by atoms with Crippen molar-refractivity contribution in [2.24, 2.45) is 0 Å². The fourth-order valence-corrected chi connectivity index (χ4v) is 3.19.